The van der Waals surface area contributed by atoms with Gasteiger partial charge in [-0.05, 0) is 37.8 Å². The lowest BCUT2D eigenvalue weighted by atomic mass is 9.79. The highest BCUT2D eigenvalue weighted by Gasteiger charge is 2.25. The first kappa shape index (κ1) is 15.5. The zero-order chi connectivity index (χ0) is 13.4. The van der Waals surface area contributed by atoms with Crippen molar-refractivity contribution in [3.63, 3.8) is 0 Å². The molecule has 1 saturated carbocycles. The summed E-state index contributed by atoms with van der Waals surface area (Å²) in [4.78, 5) is 2.39. The topological polar surface area (TPSA) is 39.1 Å². The first-order valence-corrected chi connectivity index (χ1v) is 7.56. The number of nitriles is 1. The fourth-order valence-corrected chi connectivity index (χ4v) is 2.85. The van der Waals surface area contributed by atoms with Crippen LogP contribution in [0.4, 0.5) is 0 Å². The molecule has 0 aromatic rings. The Bertz CT molecular complexity index is 247. The van der Waals surface area contributed by atoms with Crippen molar-refractivity contribution in [2.45, 2.75) is 52.5 Å². The van der Waals surface area contributed by atoms with Crippen molar-refractivity contribution in [2.75, 3.05) is 26.2 Å². The Morgan fingerprint density at radius 1 is 1.22 bits per heavy atom. The molecule has 1 fully saturated rings. The van der Waals surface area contributed by atoms with E-state index >= 15 is 0 Å². The predicted molar refractivity (Wildman–Crippen MR) is 76.3 cm³/mol. The van der Waals surface area contributed by atoms with Crippen molar-refractivity contribution < 1.29 is 0 Å². The molecule has 0 spiro atoms. The molecule has 18 heavy (non-hydrogen) atoms. The van der Waals surface area contributed by atoms with Gasteiger partial charge in [0.2, 0.25) is 0 Å². The lowest BCUT2D eigenvalue weighted by molar-refractivity contribution is 0.244. The van der Waals surface area contributed by atoms with E-state index in [0.29, 0.717) is 5.92 Å². The molecule has 0 aromatic carbocycles. The van der Waals surface area contributed by atoms with Crippen molar-refractivity contribution in [3.8, 4) is 6.07 Å². The highest BCUT2D eigenvalue weighted by molar-refractivity contribution is 4.96. The van der Waals surface area contributed by atoms with Gasteiger partial charge in [0.15, 0.2) is 0 Å². The summed E-state index contributed by atoms with van der Waals surface area (Å²) < 4.78 is 0. The smallest absolute Gasteiger partial charge is 0.0981 e. The molecule has 0 bridgehead atoms. The molecule has 0 radical (unpaired) electrons. The largest absolute Gasteiger partial charge is 0.303 e. The lowest BCUT2D eigenvalue weighted by Crippen LogP contribution is -2.41. The molecule has 1 unspecified atom stereocenters. The molecule has 1 aliphatic carbocycles. The molecule has 0 heterocycles. The predicted octanol–water partition coefficient (Wildman–Crippen LogP) is 2.64. The Kier molecular flexibility index (Phi) is 7.31. The van der Waals surface area contributed by atoms with E-state index in [1.807, 2.05) is 0 Å². The standard InChI is InChI=1S/C15H29N3/c1-4-18(5-2)11-10-17-15(12-16)14-8-6-13(3)7-9-14/h13-15,17H,4-11H2,1-3H3. The molecule has 3 heteroatoms. The van der Waals surface area contributed by atoms with Gasteiger partial charge in [0, 0.05) is 13.1 Å². The number of likely N-dealkylation sites (N-methyl/N-ethyl adjacent to an activating group) is 1. The molecule has 1 rings (SSSR count). The van der Waals surface area contributed by atoms with Gasteiger partial charge < -0.3 is 10.2 Å². The van der Waals surface area contributed by atoms with Crippen LogP contribution in [0.1, 0.15) is 46.5 Å². The maximum Gasteiger partial charge on any atom is 0.0981 e. The average Bonchev–Trinajstić information content (AvgIpc) is 2.41. The van der Waals surface area contributed by atoms with Crippen molar-refractivity contribution in [3.05, 3.63) is 0 Å². The minimum absolute atomic E-state index is 0.0630. The van der Waals surface area contributed by atoms with Crippen molar-refractivity contribution >= 4 is 0 Å². The maximum atomic E-state index is 9.30. The minimum Gasteiger partial charge on any atom is -0.303 e. The van der Waals surface area contributed by atoms with Crippen LogP contribution in [0.25, 0.3) is 0 Å². The summed E-state index contributed by atoms with van der Waals surface area (Å²) in [6.07, 6.45) is 5.02. The van der Waals surface area contributed by atoms with Crippen molar-refractivity contribution in [1.82, 2.24) is 10.2 Å². The Morgan fingerprint density at radius 3 is 2.33 bits per heavy atom. The fourth-order valence-electron chi connectivity index (χ4n) is 2.85. The van der Waals surface area contributed by atoms with Gasteiger partial charge in [-0.25, -0.2) is 0 Å². The molecule has 104 valence electrons. The van der Waals surface area contributed by atoms with E-state index in [-0.39, 0.29) is 6.04 Å². The number of nitrogens with one attached hydrogen (secondary N) is 1. The highest BCUT2D eigenvalue weighted by Crippen LogP contribution is 2.30. The SMILES string of the molecule is CCN(CC)CCNC(C#N)C1CCC(C)CC1. The van der Waals surface area contributed by atoms with E-state index in [1.165, 1.54) is 25.7 Å². The fraction of sp³-hybridized carbons (Fsp3) is 0.933. The van der Waals surface area contributed by atoms with Gasteiger partial charge in [0.1, 0.15) is 0 Å². The molecule has 0 saturated heterocycles. The molecule has 1 aliphatic rings. The second kappa shape index (κ2) is 8.50. The molecule has 1 atom stereocenters. The molecule has 0 aromatic heterocycles. The lowest BCUT2D eigenvalue weighted by Gasteiger charge is -2.30. The van der Waals surface area contributed by atoms with Crippen LogP contribution in [0, 0.1) is 23.2 Å². The Labute approximate surface area is 113 Å². The van der Waals surface area contributed by atoms with E-state index in [1.54, 1.807) is 0 Å². The summed E-state index contributed by atoms with van der Waals surface area (Å²) in [5, 5.41) is 12.7. The van der Waals surface area contributed by atoms with Gasteiger partial charge in [0.05, 0.1) is 12.1 Å². The monoisotopic (exact) mass is 251 g/mol. The molecule has 3 nitrogen and oxygen atoms in total. The van der Waals surface area contributed by atoms with Crippen LogP contribution in [-0.2, 0) is 0 Å². The third kappa shape index (κ3) is 4.96. The first-order chi connectivity index (χ1) is 8.71. The van der Waals surface area contributed by atoms with E-state index in [2.05, 4.69) is 37.1 Å². The summed E-state index contributed by atoms with van der Waals surface area (Å²) in [5.41, 5.74) is 0. The van der Waals surface area contributed by atoms with Crippen LogP contribution >= 0.6 is 0 Å². The Balaban J connectivity index is 2.27. The number of nitrogens with zero attached hydrogens (tertiary/aromatic N) is 2. The zero-order valence-corrected chi connectivity index (χ0v) is 12.3. The Morgan fingerprint density at radius 2 is 1.83 bits per heavy atom. The molecular formula is C15H29N3. The van der Waals surface area contributed by atoms with E-state index in [0.717, 1.165) is 32.1 Å². The van der Waals surface area contributed by atoms with Crippen LogP contribution in [0.3, 0.4) is 0 Å². The van der Waals surface area contributed by atoms with E-state index in [9.17, 15) is 5.26 Å². The van der Waals surface area contributed by atoms with Crippen LogP contribution in [0.15, 0.2) is 0 Å². The van der Waals surface area contributed by atoms with Gasteiger partial charge in [0.25, 0.3) is 0 Å². The minimum atomic E-state index is 0.0630. The van der Waals surface area contributed by atoms with Crippen LogP contribution in [0.2, 0.25) is 0 Å². The molecule has 0 aliphatic heterocycles. The quantitative estimate of drug-likeness (QED) is 0.756. The summed E-state index contributed by atoms with van der Waals surface area (Å²) in [6, 6.07) is 2.53. The van der Waals surface area contributed by atoms with Crippen LogP contribution in [0.5, 0.6) is 0 Å². The number of rotatable bonds is 7. The van der Waals surface area contributed by atoms with Gasteiger partial charge in [-0.3, -0.25) is 0 Å². The summed E-state index contributed by atoms with van der Waals surface area (Å²) in [6.45, 7) is 10.9. The number of hydrogen-bond donors (Lipinski definition) is 1. The molecular weight excluding hydrogens is 222 g/mol. The second-order valence-electron chi connectivity index (χ2n) is 5.61. The van der Waals surface area contributed by atoms with E-state index in [4.69, 9.17) is 0 Å². The number of hydrogen-bond acceptors (Lipinski definition) is 3. The third-order valence-electron chi connectivity index (χ3n) is 4.36. The summed E-state index contributed by atoms with van der Waals surface area (Å²) in [7, 11) is 0. The van der Waals surface area contributed by atoms with Crippen molar-refractivity contribution in [1.29, 1.82) is 5.26 Å². The van der Waals surface area contributed by atoms with Gasteiger partial charge in [-0.2, -0.15) is 5.26 Å². The normalized spacial score (nSPS) is 25.9. The Hall–Kier alpha value is -0.590. The summed E-state index contributed by atoms with van der Waals surface area (Å²) in [5.74, 6) is 1.43. The maximum absolute atomic E-state index is 9.30. The third-order valence-corrected chi connectivity index (χ3v) is 4.36. The molecule has 0 amide bonds. The average molecular weight is 251 g/mol. The highest BCUT2D eigenvalue weighted by atomic mass is 15.1. The van der Waals surface area contributed by atoms with Gasteiger partial charge in [-0.1, -0.05) is 33.6 Å². The summed E-state index contributed by atoms with van der Waals surface area (Å²) >= 11 is 0. The van der Waals surface area contributed by atoms with Crippen LogP contribution in [-0.4, -0.2) is 37.1 Å². The van der Waals surface area contributed by atoms with E-state index < -0.39 is 0 Å². The van der Waals surface area contributed by atoms with Gasteiger partial charge >= 0.3 is 0 Å². The van der Waals surface area contributed by atoms with Crippen LogP contribution < -0.4 is 5.32 Å². The second-order valence-corrected chi connectivity index (χ2v) is 5.61. The zero-order valence-electron chi connectivity index (χ0n) is 12.3. The van der Waals surface area contributed by atoms with Gasteiger partial charge in [-0.15, -0.1) is 0 Å². The molecule has 1 N–H and O–H groups in total. The van der Waals surface area contributed by atoms with Crippen molar-refractivity contribution in [2.24, 2.45) is 11.8 Å². The first-order valence-electron chi connectivity index (χ1n) is 7.56.